The molecule has 2 aliphatic rings. The zero-order chi connectivity index (χ0) is 22.7. The van der Waals surface area contributed by atoms with Crippen molar-refractivity contribution < 1.29 is 22.7 Å². The molecule has 3 heterocycles. The largest absolute Gasteiger partial charge is 0.497 e. The smallest absolute Gasteiger partial charge is 0.263 e. The molecule has 2 aromatic rings. The summed E-state index contributed by atoms with van der Waals surface area (Å²) in [6.45, 7) is 2.29. The molecular weight excluding hydrogens is 450 g/mol. The van der Waals surface area contributed by atoms with Gasteiger partial charge in [0, 0.05) is 39.3 Å². The van der Waals surface area contributed by atoms with E-state index in [-0.39, 0.29) is 35.7 Å². The zero-order valence-electron chi connectivity index (χ0n) is 18.0. The second-order valence-electron chi connectivity index (χ2n) is 7.97. The molecule has 1 unspecified atom stereocenters. The number of nitrogens with zero attached hydrogens (tertiary/aromatic N) is 3. The Hall–Kier alpha value is -2.43. The van der Waals surface area contributed by atoms with Crippen molar-refractivity contribution in [3.05, 3.63) is 46.7 Å². The molecule has 1 atom stereocenters. The van der Waals surface area contributed by atoms with Crippen LogP contribution in [0.3, 0.4) is 0 Å². The van der Waals surface area contributed by atoms with E-state index >= 15 is 0 Å². The molecule has 0 radical (unpaired) electrons. The van der Waals surface area contributed by atoms with Crippen LogP contribution in [0.2, 0.25) is 0 Å². The van der Waals surface area contributed by atoms with Crippen LogP contribution < -0.4 is 4.74 Å². The Labute approximate surface area is 192 Å². The van der Waals surface area contributed by atoms with Crippen molar-refractivity contribution in [2.45, 2.75) is 17.7 Å². The first-order valence-corrected chi connectivity index (χ1v) is 13.0. The molecule has 32 heavy (non-hydrogen) atoms. The van der Waals surface area contributed by atoms with E-state index in [0.717, 1.165) is 12.8 Å². The van der Waals surface area contributed by atoms with Gasteiger partial charge in [0.05, 0.1) is 22.8 Å². The maximum absolute atomic E-state index is 13.1. The van der Waals surface area contributed by atoms with Crippen LogP contribution >= 0.6 is 11.3 Å². The molecule has 8 nitrogen and oxygen atoms in total. The van der Waals surface area contributed by atoms with Crippen molar-refractivity contribution in [3.63, 3.8) is 0 Å². The van der Waals surface area contributed by atoms with Gasteiger partial charge >= 0.3 is 0 Å². The minimum absolute atomic E-state index is 0.00942. The number of methoxy groups -OCH3 is 1. The van der Waals surface area contributed by atoms with Gasteiger partial charge in [-0.2, -0.15) is 4.31 Å². The zero-order valence-corrected chi connectivity index (χ0v) is 19.6. The van der Waals surface area contributed by atoms with Gasteiger partial charge in [0.15, 0.2) is 0 Å². The van der Waals surface area contributed by atoms with Gasteiger partial charge in [0.2, 0.25) is 15.9 Å². The van der Waals surface area contributed by atoms with Crippen LogP contribution in [0, 0.1) is 5.92 Å². The Kier molecular flexibility index (Phi) is 6.82. The highest BCUT2D eigenvalue weighted by molar-refractivity contribution is 7.89. The number of hydrogen-bond acceptors (Lipinski definition) is 6. The lowest BCUT2D eigenvalue weighted by atomic mass is 9.96. The van der Waals surface area contributed by atoms with Crippen molar-refractivity contribution in [1.82, 2.24) is 14.1 Å². The number of likely N-dealkylation sites (tertiary alicyclic amines) is 1. The molecule has 0 aliphatic carbocycles. The molecule has 1 aromatic heterocycles. The summed E-state index contributed by atoms with van der Waals surface area (Å²) in [5.74, 6) is 0.346. The topological polar surface area (TPSA) is 87.2 Å². The normalized spacial score (nSPS) is 20.2. The van der Waals surface area contributed by atoms with Gasteiger partial charge in [-0.1, -0.05) is 6.07 Å². The molecule has 10 heteroatoms. The summed E-state index contributed by atoms with van der Waals surface area (Å²) in [7, 11) is -2.09. The van der Waals surface area contributed by atoms with Crippen molar-refractivity contribution in [2.75, 3.05) is 46.4 Å². The standard InChI is InChI=1S/C22H27N3O5S2/c1-30-18-6-8-19(9-7-18)32(28,29)25-13-11-23(12-14-25)21(26)17-4-2-10-24(16-17)22(27)20-5-3-15-31-20/h3,5-9,15,17H,2,4,10-14,16H2,1H3. The van der Waals surface area contributed by atoms with Gasteiger partial charge in [-0.25, -0.2) is 8.42 Å². The van der Waals surface area contributed by atoms with Gasteiger partial charge in [-0.05, 0) is 48.6 Å². The van der Waals surface area contributed by atoms with Gasteiger partial charge in [0.25, 0.3) is 5.91 Å². The summed E-state index contributed by atoms with van der Waals surface area (Å²) in [6.07, 6.45) is 1.54. The minimum Gasteiger partial charge on any atom is -0.497 e. The summed E-state index contributed by atoms with van der Waals surface area (Å²) in [6, 6.07) is 9.97. The first kappa shape index (κ1) is 22.8. The van der Waals surface area contributed by atoms with Crippen LogP contribution in [-0.2, 0) is 14.8 Å². The third kappa shape index (κ3) is 4.67. The highest BCUT2D eigenvalue weighted by Crippen LogP contribution is 2.24. The first-order chi connectivity index (χ1) is 15.4. The van der Waals surface area contributed by atoms with E-state index in [4.69, 9.17) is 4.74 Å². The van der Waals surface area contributed by atoms with Crippen molar-refractivity contribution in [2.24, 2.45) is 5.92 Å². The lowest BCUT2D eigenvalue weighted by Crippen LogP contribution is -2.54. The summed E-state index contributed by atoms with van der Waals surface area (Å²) >= 11 is 1.41. The Morgan fingerprint density at radius 1 is 1.00 bits per heavy atom. The predicted octanol–water partition coefficient (Wildman–Crippen LogP) is 2.14. The SMILES string of the molecule is COc1ccc(S(=O)(=O)N2CCN(C(=O)C3CCCN(C(=O)c4cccs4)C3)CC2)cc1. The Morgan fingerprint density at radius 2 is 1.72 bits per heavy atom. The van der Waals surface area contributed by atoms with E-state index < -0.39 is 10.0 Å². The number of sulfonamides is 1. The third-order valence-electron chi connectivity index (χ3n) is 6.04. The maximum atomic E-state index is 13.1. The molecule has 4 rings (SSSR count). The number of hydrogen-bond donors (Lipinski definition) is 0. The quantitative estimate of drug-likeness (QED) is 0.659. The van der Waals surface area contributed by atoms with Crippen molar-refractivity contribution in [1.29, 1.82) is 0 Å². The number of rotatable bonds is 5. The van der Waals surface area contributed by atoms with Gasteiger partial charge in [-0.3, -0.25) is 9.59 Å². The number of ether oxygens (including phenoxy) is 1. The van der Waals surface area contributed by atoms with Crippen LogP contribution in [0.25, 0.3) is 0 Å². The van der Waals surface area contributed by atoms with Crippen LogP contribution in [0.5, 0.6) is 5.75 Å². The predicted molar refractivity (Wildman–Crippen MR) is 121 cm³/mol. The molecule has 2 amide bonds. The maximum Gasteiger partial charge on any atom is 0.263 e. The number of piperazine rings is 1. The van der Waals surface area contributed by atoms with Gasteiger partial charge < -0.3 is 14.5 Å². The summed E-state index contributed by atoms with van der Waals surface area (Å²) < 4.78 is 32.4. The van der Waals surface area contributed by atoms with Crippen molar-refractivity contribution in [3.8, 4) is 5.75 Å². The van der Waals surface area contributed by atoms with E-state index in [0.29, 0.717) is 36.8 Å². The first-order valence-electron chi connectivity index (χ1n) is 10.7. The summed E-state index contributed by atoms with van der Waals surface area (Å²) in [5, 5.41) is 1.87. The molecule has 2 aliphatic heterocycles. The van der Waals surface area contributed by atoms with Crippen LogP contribution in [0.15, 0.2) is 46.7 Å². The number of benzene rings is 1. The van der Waals surface area contributed by atoms with Gasteiger partial charge in [0.1, 0.15) is 5.75 Å². The molecule has 2 saturated heterocycles. The number of amides is 2. The second kappa shape index (κ2) is 9.60. The van der Waals surface area contributed by atoms with E-state index in [1.54, 1.807) is 28.0 Å². The third-order valence-corrected chi connectivity index (χ3v) is 8.81. The fourth-order valence-electron chi connectivity index (χ4n) is 4.22. The monoisotopic (exact) mass is 477 g/mol. The fraction of sp³-hybridized carbons (Fsp3) is 0.455. The average molecular weight is 478 g/mol. The molecule has 172 valence electrons. The number of carbonyl (C=O) groups excluding carboxylic acids is 2. The fourth-order valence-corrected chi connectivity index (χ4v) is 6.34. The van der Waals surface area contributed by atoms with Crippen LogP contribution in [0.1, 0.15) is 22.5 Å². The lowest BCUT2D eigenvalue weighted by Gasteiger charge is -2.38. The highest BCUT2D eigenvalue weighted by atomic mass is 32.2. The number of carbonyl (C=O) groups is 2. The van der Waals surface area contributed by atoms with Crippen LogP contribution in [0.4, 0.5) is 0 Å². The Balaban J connectivity index is 1.35. The summed E-state index contributed by atoms with van der Waals surface area (Å²) in [5.41, 5.74) is 0. The lowest BCUT2D eigenvalue weighted by molar-refractivity contribution is -0.138. The molecule has 1 aromatic carbocycles. The molecule has 2 fully saturated rings. The second-order valence-corrected chi connectivity index (χ2v) is 10.9. The molecule has 0 bridgehead atoms. The number of thiophene rings is 1. The van der Waals surface area contributed by atoms with E-state index in [2.05, 4.69) is 0 Å². The average Bonchev–Trinajstić information content (AvgIpc) is 3.38. The molecule has 0 saturated carbocycles. The molecular formula is C22H27N3O5S2. The van der Waals surface area contributed by atoms with Crippen LogP contribution in [-0.4, -0.2) is 80.7 Å². The number of piperidine rings is 1. The van der Waals surface area contributed by atoms with E-state index in [9.17, 15) is 18.0 Å². The molecule has 0 spiro atoms. The highest BCUT2D eigenvalue weighted by Gasteiger charge is 2.35. The minimum atomic E-state index is -3.62. The summed E-state index contributed by atoms with van der Waals surface area (Å²) in [4.78, 5) is 30.2. The Bertz CT molecular complexity index is 1050. The van der Waals surface area contributed by atoms with E-state index in [1.165, 1.54) is 34.9 Å². The molecule has 0 N–H and O–H groups in total. The Morgan fingerprint density at radius 3 is 2.34 bits per heavy atom. The van der Waals surface area contributed by atoms with Gasteiger partial charge in [-0.15, -0.1) is 11.3 Å². The van der Waals surface area contributed by atoms with E-state index in [1.807, 2.05) is 11.4 Å². The van der Waals surface area contributed by atoms with Crippen molar-refractivity contribution >= 4 is 33.2 Å².